The summed E-state index contributed by atoms with van der Waals surface area (Å²) in [5.41, 5.74) is 1.74. The van der Waals surface area contributed by atoms with Crippen LogP contribution in [0.4, 0.5) is 4.39 Å². The fourth-order valence-electron chi connectivity index (χ4n) is 3.58. The molecule has 0 saturated carbocycles. The van der Waals surface area contributed by atoms with Crippen LogP contribution in [0.15, 0.2) is 40.8 Å². The van der Waals surface area contributed by atoms with Crippen LogP contribution in [0.2, 0.25) is 0 Å². The molecule has 0 bridgehead atoms. The smallest absolute Gasteiger partial charge is 0.197 e. The molecule has 26 heavy (non-hydrogen) atoms. The van der Waals surface area contributed by atoms with Crippen LogP contribution >= 0.6 is 0 Å². The monoisotopic (exact) mass is 354 g/mol. The number of hydrogen-bond acceptors (Lipinski definition) is 4. The maximum absolute atomic E-state index is 13.6. The van der Waals surface area contributed by atoms with Crippen LogP contribution in [0.5, 0.6) is 5.75 Å². The van der Waals surface area contributed by atoms with Gasteiger partial charge in [-0.25, -0.2) is 4.39 Å². The molecule has 1 aliphatic rings. The molecule has 0 radical (unpaired) electrons. The first-order valence-corrected chi connectivity index (χ1v) is 8.59. The van der Waals surface area contributed by atoms with Crippen molar-refractivity contribution in [3.05, 3.63) is 64.7 Å². The molecular weight excluding hydrogens is 335 g/mol. The molecule has 1 heterocycles. The van der Waals surface area contributed by atoms with E-state index in [0.717, 1.165) is 5.56 Å². The Hall–Kier alpha value is -2.66. The molecule has 0 unspecified atom stereocenters. The van der Waals surface area contributed by atoms with Gasteiger partial charge < -0.3 is 14.3 Å². The Morgan fingerprint density at radius 2 is 2.00 bits per heavy atom. The van der Waals surface area contributed by atoms with E-state index in [0.29, 0.717) is 46.6 Å². The van der Waals surface area contributed by atoms with Crippen molar-refractivity contribution in [2.75, 3.05) is 13.2 Å². The van der Waals surface area contributed by atoms with Crippen LogP contribution in [0.25, 0.3) is 11.0 Å². The summed E-state index contributed by atoms with van der Waals surface area (Å²) < 4.78 is 25.1. The van der Waals surface area contributed by atoms with E-state index in [-0.39, 0.29) is 12.4 Å². The van der Waals surface area contributed by atoms with Gasteiger partial charge in [-0.05, 0) is 49.7 Å². The lowest BCUT2D eigenvalue weighted by atomic mass is 9.72. The number of carbonyl (C=O) groups excluding carboxylic acids is 1. The number of ketones is 1. The highest BCUT2D eigenvalue weighted by atomic mass is 19.1. The van der Waals surface area contributed by atoms with E-state index in [2.05, 4.69) is 0 Å². The number of furan rings is 1. The van der Waals surface area contributed by atoms with Gasteiger partial charge in [0.25, 0.3) is 0 Å². The van der Waals surface area contributed by atoms with Gasteiger partial charge in [0, 0.05) is 35.5 Å². The van der Waals surface area contributed by atoms with Crippen molar-refractivity contribution in [2.45, 2.75) is 25.7 Å². The highest BCUT2D eigenvalue weighted by Crippen LogP contribution is 2.46. The molecule has 134 valence electrons. The molecule has 1 aliphatic carbocycles. The van der Waals surface area contributed by atoms with Gasteiger partial charge in [0.1, 0.15) is 22.9 Å². The van der Waals surface area contributed by atoms with Crippen molar-refractivity contribution < 1.29 is 23.4 Å². The van der Waals surface area contributed by atoms with Crippen molar-refractivity contribution in [2.24, 2.45) is 0 Å². The Morgan fingerprint density at radius 1 is 1.19 bits per heavy atom. The minimum absolute atomic E-state index is 0.0633. The molecule has 0 fully saturated rings. The molecule has 4 nitrogen and oxygen atoms in total. The Morgan fingerprint density at radius 3 is 2.77 bits per heavy atom. The number of rotatable bonds is 4. The van der Waals surface area contributed by atoms with E-state index in [1.165, 1.54) is 12.1 Å². The summed E-state index contributed by atoms with van der Waals surface area (Å²) in [4.78, 5) is 13.1. The lowest BCUT2D eigenvalue weighted by molar-refractivity contribution is 0.102. The predicted molar refractivity (Wildman–Crippen MR) is 95.4 cm³/mol. The number of aliphatic hydroxyl groups excluding tert-OH is 1. The van der Waals surface area contributed by atoms with Gasteiger partial charge in [-0.15, -0.1) is 0 Å². The van der Waals surface area contributed by atoms with Crippen molar-refractivity contribution in [1.29, 1.82) is 0 Å². The zero-order chi connectivity index (χ0) is 18.5. The third-order valence-electron chi connectivity index (χ3n) is 4.93. The molecule has 0 atom stereocenters. The van der Waals surface area contributed by atoms with Gasteiger partial charge in [-0.2, -0.15) is 0 Å². The molecule has 4 rings (SSSR count). The molecule has 2 aromatic carbocycles. The van der Waals surface area contributed by atoms with Gasteiger partial charge in [-0.3, -0.25) is 4.79 Å². The summed E-state index contributed by atoms with van der Waals surface area (Å²) in [6.45, 7) is 4.42. The lowest BCUT2D eigenvalue weighted by Gasteiger charge is -2.30. The Labute approximate surface area is 150 Å². The number of carbonyl (C=O) groups is 1. The first-order valence-electron chi connectivity index (χ1n) is 8.59. The maximum Gasteiger partial charge on any atom is 0.197 e. The van der Waals surface area contributed by atoms with E-state index in [4.69, 9.17) is 14.3 Å². The van der Waals surface area contributed by atoms with Crippen LogP contribution in [0.1, 0.15) is 47.5 Å². The second-order valence-electron chi connectivity index (χ2n) is 7.03. The van der Waals surface area contributed by atoms with Gasteiger partial charge in [0.15, 0.2) is 5.78 Å². The zero-order valence-corrected chi connectivity index (χ0v) is 14.6. The van der Waals surface area contributed by atoms with E-state index in [9.17, 15) is 9.18 Å². The minimum atomic E-state index is -0.565. The van der Waals surface area contributed by atoms with Gasteiger partial charge in [-0.1, -0.05) is 0 Å². The molecule has 0 spiro atoms. The Balaban J connectivity index is 1.86. The van der Waals surface area contributed by atoms with E-state index in [1.807, 2.05) is 19.9 Å². The number of halogens is 1. The number of fused-ring (bicyclic) bond motifs is 4. The summed E-state index contributed by atoms with van der Waals surface area (Å²) >= 11 is 0. The third-order valence-corrected chi connectivity index (χ3v) is 4.93. The molecule has 0 saturated heterocycles. The van der Waals surface area contributed by atoms with Crippen LogP contribution in [-0.2, 0) is 5.41 Å². The Kier molecular flexibility index (Phi) is 3.84. The molecule has 0 aliphatic heterocycles. The maximum atomic E-state index is 13.6. The van der Waals surface area contributed by atoms with Crippen LogP contribution in [0.3, 0.4) is 0 Å². The lowest BCUT2D eigenvalue weighted by Crippen LogP contribution is -2.29. The van der Waals surface area contributed by atoms with Gasteiger partial charge >= 0.3 is 0 Å². The summed E-state index contributed by atoms with van der Waals surface area (Å²) in [6.07, 6.45) is 0.540. The van der Waals surface area contributed by atoms with Crippen LogP contribution in [0, 0.1) is 5.82 Å². The number of hydrogen-bond donors (Lipinski definition) is 1. The van der Waals surface area contributed by atoms with Crippen molar-refractivity contribution in [3.8, 4) is 5.75 Å². The number of aliphatic hydroxyl groups is 1. The van der Waals surface area contributed by atoms with E-state index >= 15 is 0 Å². The molecule has 5 heteroatoms. The van der Waals surface area contributed by atoms with Crippen molar-refractivity contribution in [3.63, 3.8) is 0 Å². The normalized spacial score (nSPS) is 15.0. The summed E-state index contributed by atoms with van der Waals surface area (Å²) in [6, 6.07) is 9.62. The molecule has 0 amide bonds. The van der Waals surface area contributed by atoms with E-state index < -0.39 is 11.2 Å². The quantitative estimate of drug-likeness (QED) is 0.713. The summed E-state index contributed by atoms with van der Waals surface area (Å²) in [7, 11) is 0. The van der Waals surface area contributed by atoms with Crippen LogP contribution in [-0.4, -0.2) is 24.1 Å². The highest BCUT2D eigenvalue weighted by Gasteiger charge is 2.41. The third kappa shape index (κ3) is 2.42. The minimum Gasteiger partial charge on any atom is -0.493 e. The summed E-state index contributed by atoms with van der Waals surface area (Å²) in [5.74, 6) is 0.666. The van der Waals surface area contributed by atoms with Gasteiger partial charge in [0.05, 0.1) is 12.2 Å². The molecule has 1 aromatic heterocycles. The second kappa shape index (κ2) is 5.95. The average molecular weight is 354 g/mol. The fourth-order valence-corrected chi connectivity index (χ4v) is 3.58. The highest BCUT2D eigenvalue weighted by molar-refractivity contribution is 6.19. The Bertz CT molecular complexity index is 1020. The van der Waals surface area contributed by atoms with E-state index in [1.54, 1.807) is 18.2 Å². The second-order valence-corrected chi connectivity index (χ2v) is 7.03. The zero-order valence-electron chi connectivity index (χ0n) is 14.6. The average Bonchev–Trinajstić information content (AvgIpc) is 3.00. The van der Waals surface area contributed by atoms with Crippen LogP contribution < -0.4 is 4.74 Å². The topological polar surface area (TPSA) is 59.7 Å². The number of ether oxygens (including phenoxy) is 1. The predicted octanol–water partition coefficient (Wildman–Crippen LogP) is 4.20. The van der Waals surface area contributed by atoms with Crippen molar-refractivity contribution in [1.82, 2.24) is 0 Å². The standard InChI is InChI=1S/C21H19FO4/c1-21(2)16-11-13(25-9-3-8-23)5-7-14(16)19(24)18-15-6-4-12(22)10-17(15)26-20(18)21/h4-7,10-11,23H,3,8-9H2,1-2H3. The fraction of sp³-hybridized carbons (Fsp3) is 0.286. The van der Waals surface area contributed by atoms with Crippen molar-refractivity contribution >= 4 is 16.8 Å². The molecular formula is C21H19FO4. The number of benzene rings is 2. The first kappa shape index (κ1) is 16.8. The molecule has 1 N–H and O–H groups in total. The largest absolute Gasteiger partial charge is 0.493 e. The SMILES string of the molecule is CC1(C)c2cc(OCCCO)ccc2C(=O)c2c1oc1cc(F)ccc21. The molecule has 3 aromatic rings. The summed E-state index contributed by atoms with van der Waals surface area (Å²) in [5, 5.41) is 9.52. The van der Waals surface area contributed by atoms with Gasteiger partial charge in [0.2, 0.25) is 0 Å². The first-order chi connectivity index (χ1) is 12.4.